The van der Waals surface area contributed by atoms with Gasteiger partial charge in [-0.1, -0.05) is 36.4 Å². The number of hydrogen-bond acceptors (Lipinski definition) is 4. The van der Waals surface area contributed by atoms with Crippen LogP contribution < -0.4 is 9.62 Å². The van der Waals surface area contributed by atoms with Gasteiger partial charge in [-0.25, -0.2) is 8.42 Å². The minimum atomic E-state index is -3.73. The molecule has 2 amide bonds. The molecule has 0 aliphatic heterocycles. The number of nitrogens with zero attached hydrogens (tertiary/aromatic N) is 2. The minimum absolute atomic E-state index is 0.199. The molecule has 0 heterocycles. The Labute approximate surface area is 185 Å². The maximum atomic E-state index is 13.4. The zero-order valence-electron chi connectivity index (χ0n) is 19.0. The van der Waals surface area contributed by atoms with Gasteiger partial charge in [0, 0.05) is 13.6 Å². The Kier molecular flexibility index (Phi) is 7.84. The summed E-state index contributed by atoms with van der Waals surface area (Å²) in [5, 5.41) is 2.57. The lowest BCUT2D eigenvalue weighted by atomic mass is 10.1. The van der Waals surface area contributed by atoms with Crippen LogP contribution in [0.2, 0.25) is 0 Å². The third kappa shape index (κ3) is 5.85. The van der Waals surface area contributed by atoms with Gasteiger partial charge in [-0.15, -0.1) is 0 Å². The van der Waals surface area contributed by atoms with E-state index in [1.54, 1.807) is 19.1 Å². The van der Waals surface area contributed by atoms with Crippen LogP contribution in [0.1, 0.15) is 29.2 Å². The minimum Gasteiger partial charge on any atom is -0.357 e. The quantitative estimate of drug-likeness (QED) is 0.677. The van der Waals surface area contributed by atoms with Crippen molar-refractivity contribution in [1.82, 2.24) is 10.2 Å². The Morgan fingerprint density at radius 3 is 2.19 bits per heavy atom. The SMILES string of the molecule is CNC(=O)[C@H](C)N(Cc1ccccc1C)C(=O)CN(c1cccc(C)c1C)S(C)(=O)=O. The first-order valence-electron chi connectivity index (χ1n) is 10.1. The Bertz CT molecular complexity index is 1070. The summed E-state index contributed by atoms with van der Waals surface area (Å²) in [4.78, 5) is 27.2. The molecule has 1 atom stereocenters. The van der Waals surface area contributed by atoms with Gasteiger partial charge in [0.1, 0.15) is 12.6 Å². The van der Waals surface area contributed by atoms with Crippen molar-refractivity contribution in [2.45, 2.75) is 40.3 Å². The van der Waals surface area contributed by atoms with E-state index in [0.29, 0.717) is 5.69 Å². The molecule has 0 aliphatic carbocycles. The van der Waals surface area contributed by atoms with Crippen molar-refractivity contribution in [3.8, 4) is 0 Å². The van der Waals surface area contributed by atoms with Gasteiger partial charge < -0.3 is 10.2 Å². The van der Waals surface area contributed by atoms with Gasteiger partial charge >= 0.3 is 0 Å². The number of benzene rings is 2. The molecular formula is C23H31N3O4S. The van der Waals surface area contributed by atoms with E-state index in [2.05, 4.69) is 5.32 Å². The van der Waals surface area contributed by atoms with Gasteiger partial charge in [0.25, 0.3) is 0 Å². The Morgan fingerprint density at radius 1 is 1.00 bits per heavy atom. The monoisotopic (exact) mass is 445 g/mol. The number of carbonyl (C=O) groups excluding carboxylic acids is 2. The summed E-state index contributed by atoms with van der Waals surface area (Å²) in [6.07, 6.45) is 1.08. The molecule has 7 nitrogen and oxygen atoms in total. The average molecular weight is 446 g/mol. The van der Waals surface area contributed by atoms with E-state index in [9.17, 15) is 18.0 Å². The van der Waals surface area contributed by atoms with E-state index < -0.39 is 28.5 Å². The number of aryl methyl sites for hydroxylation is 2. The van der Waals surface area contributed by atoms with Crippen LogP contribution in [0.5, 0.6) is 0 Å². The molecule has 0 fully saturated rings. The molecule has 0 bridgehead atoms. The Balaban J connectivity index is 2.45. The van der Waals surface area contributed by atoms with Crippen molar-refractivity contribution in [2.24, 2.45) is 0 Å². The molecule has 168 valence electrons. The molecule has 0 radical (unpaired) electrons. The second-order valence-electron chi connectivity index (χ2n) is 7.73. The van der Waals surface area contributed by atoms with Gasteiger partial charge in [-0.05, 0) is 56.0 Å². The molecule has 31 heavy (non-hydrogen) atoms. The van der Waals surface area contributed by atoms with E-state index >= 15 is 0 Å². The molecule has 0 saturated heterocycles. The Hall–Kier alpha value is -2.87. The highest BCUT2D eigenvalue weighted by molar-refractivity contribution is 7.92. The average Bonchev–Trinajstić information content (AvgIpc) is 2.71. The third-order valence-electron chi connectivity index (χ3n) is 5.54. The van der Waals surface area contributed by atoms with Crippen LogP contribution in [0, 0.1) is 20.8 Å². The fraction of sp³-hybridized carbons (Fsp3) is 0.391. The molecule has 2 aromatic rings. The smallest absolute Gasteiger partial charge is 0.244 e. The van der Waals surface area contributed by atoms with E-state index in [1.165, 1.54) is 11.9 Å². The summed E-state index contributed by atoms with van der Waals surface area (Å²) in [5.74, 6) is -0.773. The lowest BCUT2D eigenvalue weighted by Gasteiger charge is -2.32. The molecule has 0 aromatic heterocycles. The van der Waals surface area contributed by atoms with Gasteiger partial charge in [0.05, 0.1) is 11.9 Å². The normalized spacial score (nSPS) is 12.2. The molecule has 0 unspecified atom stereocenters. The van der Waals surface area contributed by atoms with Gasteiger partial charge in [0.2, 0.25) is 21.8 Å². The van der Waals surface area contributed by atoms with Gasteiger partial charge in [0.15, 0.2) is 0 Å². The number of hydrogen-bond donors (Lipinski definition) is 1. The summed E-state index contributed by atoms with van der Waals surface area (Å²) in [6.45, 7) is 7.09. The summed E-state index contributed by atoms with van der Waals surface area (Å²) in [6, 6.07) is 12.2. The van der Waals surface area contributed by atoms with Crippen molar-refractivity contribution < 1.29 is 18.0 Å². The largest absolute Gasteiger partial charge is 0.357 e. The van der Waals surface area contributed by atoms with Crippen LogP contribution in [0.15, 0.2) is 42.5 Å². The van der Waals surface area contributed by atoms with Crippen molar-refractivity contribution >= 4 is 27.5 Å². The van der Waals surface area contributed by atoms with Crippen molar-refractivity contribution in [2.75, 3.05) is 24.2 Å². The highest BCUT2D eigenvalue weighted by atomic mass is 32.2. The topological polar surface area (TPSA) is 86.8 Å². The molecule has 0 spiro atoms. The molecular weight excluding hydrogens is 414 g/mol. The van der Waals surface area contributed by atoms with Crippen molar-refractivity contribution in [3.05, 3.63) is 64.7 Å². The fourth-order valence-electron chi connectivity index (χ4n) is 3.36. The second-order valence-corrected chi connectivity index (χ2v) is 9.63. The maximum Gasteiger partial charge on any atom is 0.244 e. The first-order valence-corrected chi connectivity index (χ1v) is 11.9. The fourth-order valence-corrected chi connectivity index (χ4v) is 4.26. The molecule has 2 rings (SSSR count). The zero-order chi connectivity index (χ0) is 23.3. The number of anilines is 1. The molecule has 2 aromatic carbocycles. The maximum absolute atomic E-state index is 13.4. The van der Waals surface area contributed by atoms with E-state index in [4.69, 9.17) is 0 Å². The molecule has 8 heteroatoms. The lowest BCUT2D eigenvalue weighted by molar-refractivity contribution is -0.139. The highest BCUT2D eigenvalue weighted by Crippen LogP contribution is 2.25. The Morgan fingerprint density at radius 2 is 1.61 bits per heavy atom. The second kappa shape index (κ2) is 9.96. The van der Waals surface area contributed by atoms with Crippen LogP contribution in [0.25, 0.3) is 0 Å². The first kappa shape index (κ1) is 24.4. The van der Waals surface area contributed by atoms with Crippen LogP contribution in [0.4, 0.5) is 5.69 Å². The third-order valence-corrected chi connectivity index (χ3v) is 6.67. The number of amides is 2. The zero-order valence-corrected chi connectivity index (χ0v) is 19.8. The van der Waals surface area contributed by atoms with E-state index in [1.807, 2.05) is 51.1 Å². The molecule has 0 saturated carbocycles. The number of nitrogens with one attached hydrogen (secondary N) is 1. The van der Waals surface area contributed by atoms with Crippen LogP contribution >= 0.6 is 0 Å². The van der Waals surface area contributed by atoms with Crippen LogP contribution in [0.3, 0.4) is 0 Å². The standard InChI is InChI=1S/C23H31N3O4S/c1-16-11-9-13-21(18(16)3)26(31(6,29)30)15-22(27)25(19(4)23(28)24-5)14-20-12-8-7-10-17(20)2/h7-13,19H,14-15H2,1-6H3,(H,24,28)/t19-/m0/s1. The van der Waals surface area contributed by atoms with Gasteiger partial charge in [-0.2, -0.15) is 0 Å². The predicted molar refractivity (Wildman–Crippen MR) is 123 cm³/mol. The number of carbonyl (C=O) groups is 2. The van der Waals surface area contributed by atoms with Crippen molar-refractivity contribution in [3.63, 3.8) is 0 Å². The summed E-state index contributed by atoms with van der Waals surface area (Å²) >= 11 is 0. The van der Waals surface area contributed by atoms with E-state index in [0.717, 1.165) is 32.8 Å². The summed E-state index contributed by atoms with van der Waals surface area (Å²) < 4.78 is 26.3. The number of rotatable bonds is 8. The number of likely N-dealkylation sites (N-methyl/N-ethyl adjacent to an activating group) is 1. The van der Waals surface area contributed by atoms with Crippen LogP contribution in [-0.2, 0) is 26.2 Å². The summed E-state index contributed by atoms with van der Waals surface area (Å²) in [7, 11) is -2.22. The summed E-state index contributed by atoms with van der Waals surface area (Å²) in [5.41, 5.74) is 4.04. The van der Waals surface area contributed by atoms with Gasteiger partial charge in [-0.3, -0.25) is 13.9 Å². The molecule has 1 N–H and O–H groups in total. The van der Waals surface area contributed by atoms with Crippen LogP contribution in [-0.4, -0.2) is 51.0 Å². The number of sulfonamides is 1. The lowest BCUT2D eigenvalue weighted by Crippen LogP contribution is -2.50. The predicted octanol–water partition coefficient (Wildman–Crippen LogP) is 2.54. The van der Waals surface area contributed by atoms with E-state index in [-0.39, 0.29) is 12.5 Å². The highest BCUT2D eigenvalue weighted by Gasteiger charge is 2.30. The first-order chi connectivity index (χ1) is 14.5. The molecule has 0 aliphatic rings. The van der Waals surface area contributed by atoms with Crippen molar-refractivity contribution in [1.29, 1.82) is 0 Å².